The number of rotatable bonds is 4. The zero-order valence-electron chi connectivity index (χ0n) is 13.2. The van der Waals surface area contributed by atoms with Gasteiger partial charge in [0.25, 0.3) is 0 Å². The molecule has 0 atom stereocenters. The van der Waals surface area contributed by atoms with E-state index in [1.807, 2.05) is 0 Å². The molecule has 2 N–H and O–H groups in total. The van der Waals surface area contributed by atoms with Crippen molar-refractivity contribution in [3.63, 3.8) is 0 Å². The van der Waals surface area contributed by atoms with Crippen LogP contribution in [0.25, 0.3) is 0 Å². The number of nitrogens with one attached hydrogen (secondary N) is 2. The smallest absolute Gasteiger partial charge is 0.427 e. The van der Waals surface area contributed by atoms with E-state index in [4.69, 9.17) is 9.47 Å². The quantitative estimate of drug-likeness (QED) is 0.779. The van der Waals surface area contributed by atoms with E-state index < -0.39 is 12.2 Å². The second kappa shape index (κ2) is 10.6. The van der Waals surface area contributed by atoms with Crippen molar-refractivity contribution in [3.8, 4) is 0 Å². The Labute approximate surface area is 130 Å². The molecule has 0 bridgehead atoms. The highest BCUT2D eigenvalue weighted by atomic mass is 16.6. The fraction of sp³-hybridized carbons (Fsp3) is 0.714. The summed E-state index contributed by atoms with van der Waals surface area (Å²) in [7, 11) is 0. The van der Waals surface area contributed by atoms with Crippen LogP contribution in [0.2, 0.25) is 0 Å². The number of carbonyl (C=O) groups is 2. The number of hydrogen-bond acceptors (Lipinski definition) is 6. The molecule has 124 valence electrons. The molecule has 0 radical (unpaired) electrons. The lowest BCUT2D eigenvalue weighted by atomic mass is 9.97. The highest BCUT2D eigenvalue weighted by Gasteiger charge is 2.14. The number of hydrogen-bond donors (Lipinski definition) is 2. The van der Waals surface area contributed by atoms with Gasteiger partial charge in [-0.15, -0.1) is 0 Å². The van der Waals surface area contributed by atoms with E-state index in [9.17, 15) is 9.59 Å². The minimum absolute atomic E-state index is 0.280. The van der Waals surface area contributed by atoms with Gasteiger partial charge >= 0.3 is 12.2 Å². The highest BCUT2D eigenvalue weighted by molar-refractivity contribution is 6.42. The molecule has 0 aromatic carbocycles. The molecule has 8 nitrogen and oxygen atoms in total. The molecule has 0 aromatic heterocycles. The monoisotopic (exact) mass is 312 g/mol. The molecule has 1 rings (SSSR count). The number of ether oxygens (including phenoxy) is 2. The van der Waals surface area contributed by atoms with E-state index in [-0.39, 0.29) is 13.2 Å². The van der Waals surface area contributed by atoms with Crippen LogP contribution >= 0.6 is 0 Å². The molecule has 0 heterocycles. The number of hydrazone groups is 2. The Morgan fingerprint density at radius 2 is 1.27 bits per heavy atom. The normalized spacial score (nSPS) is 19.2. The van der Waals surface area contributed by atoms with Gasteiger partial charge in [0.15, 0.2) is 0 Å². The summed E-state index contributed by atoms with van der Waals surface area (Å²) in [5, 5.41) is 8.16. The number of amides is 2. The fourth-order valence-electron chi connectivity index (χ4n) is 2.02. The van der Waals surface area contributed by atoms with E-state index in [0.717, 1.165) is 25.7 Å². The fourth-order valence-corrected chi connectivity index (χ4v) is 2.02. The van der Waals surface area contributed by atoms with Gasteiger partial charge in [-0.1, -0.05) is 12.8 Å². The summed E-state index contributed by atoms with van der Waals surface area (Å²) in [6.45, 7) is 4.00. The van der Waals surface area contributed by atoms with Crippen LogP contribution in [0.3, 0.4) is 0 Å². The Kier molecular flexibility index (Phi) is 8.63. The molecular formula is C14H24N4O4. The molecule has 1 aliphatic rings. The minimum atomic E-state index is -0.602. The van der Waals surface area contributed by atoms with Crippen LogP contribution in [0.1, 0.15) is 52.4 Å². The summed E-state index contributed by atoms with van der Waals surface area (Å²) in [6.07, 6.45) is 4.31. The maximum absolute atomic E-state index is 11.3. The van der Waals surface area contributed by atoms with Crippen molar-refractivity contribution < 1.29 is 19.1 Å². The van der Waals surface area contributed by atoms with Crippen LogP contribution in [0.15, 0.2) is 10.2 Å². The number of nitrogens with zero attached hydrogens (tertiary/aromatic N) is 2. The van der Waals surface area contributed by atoms with Crippen molar-refractivity contribution in [2.24, 2.45) is 10.2 Å². The largest absolute Gasteiger partial charge is 0.449 e. The lowest BCUT2D eigenvalue weighted by Crippen LogP contribution is -2.28. The molecule has 0 saturated heterocycles. The first-order valence-electron chi connectivity index (χ1n) is 7.66. The molecule has 1 saturated carbocycles. The highest BCUT2D eigenvalue weighted by Crippen LogP contribution is 2.13. The van der Waals surface area contributed by atoms with Gasteiger partial charge < -0.3 is 9.47 Å². The van der Waals surface area contributed by atoms with Crippen LogP contribution in [-0.2, 0) is 9.47 Å². The third-order valence-corrected chi connectivity index (χ3v) is 3.03. The van der Waals surface area contributed by atoms with Crippen LogP contribution in [0.5, 0.6) is 0 Å². The average Bonchev–Trinajstić information content (AvgIpc) is 2.46. The van der Waals surface area contributed by atoms with Crippen LogP contribution < -0.4 is 10.9 Å². The molecule has 0 unspecified atom stereocenters. The van der Waals surface area contributed by atoms with Gasteiger partial charge in [-0.25, -0.2) is 20.4 Å². The second-order valence-electron chi connectivity index (χ2n) is 4.70. The molecule has 22 heavy (non-hydrogen) atoms. The van der Waals surface area contributed by atoms with Crippen LogP contribution in [-0.4, -0.2) is 36.8 Å². The Morgan fingerprint density at radius 1 is 0.864 bits per heavy atom. The zero-order valence-corrected chi connectivity index (χ0v) is 13.2. The van der Waals surface area contributed by atoms with E-state index in [2.05, 4.69) is 21.1 Å². The molecule has 0 aromatic rings. The molecule has 8 heteroatoms. The van der Waals surface area contributed by atoms with Gasteiger partial charge in [0.1, 0.15) is 0 Å². The Morgan fingerprint density at radius 3 is 1.64 bits per heavy atom. The first-order chi connectivity index (χ1) is 10.7. The maximum atomic E-state index is 11.3. The molecular weight excluding hydrogens is 288 g/mol. The summed E-state index contributed by atoms with van der Waals surface area (Å²) in [4.78, 5) is 22.7. The molecule has 1 aliphatic carbocycles. The summed E-state index contributed by atoms with van der Waals surface area (Å²) in [6, 6.07) is 0. The SMILES string of the molecule is CCOC(=O)N/N=C1/CCCCCC/C1=N\NC(=O)OCC. The van der Waals surface area contributed by atoms with E-state index in [1.165, 1.54) is 0 Å². The van der Waals surface area contributed by atoms with Gasteiger partial charge in [0, 0.05) is 0 Å². The van der Waals surface area contributed by atoms with E-state index >= 15 is 0 Å². The van der Waals surface area contributed by atoms with Crippen molar-refractivity contribution in [2.45, 2.75) is 52.4 Å². The van der Waals surface area contributed by atoms with Gasteiger partial charge in [-0.05, 0) is 39.5 Å². The Balaban J connectivity index is 2.75. The van der Waals surface area contributed by atoms with Gasteiger partial charge in [-0.2, -0.15) is 10.2 Å². The first kappa shape index (κ1) is 17.9. The first-order valence-corrected chi connectivity index (χ1v) is 7.66. The lowest BCUT2D eigenvalue weighted by Gasteiger charge is -2.14. The third kappa shape index (κ3) is 7.05. The minimum Gasteiger partial charge on any atom is -0.449 e. The predicted molar refractivity (Wildman–Crippen MR) is 82.9 cm³/mol. The van der Waals surface area contributed by atoms with E-state index in [1.54, 1.807) is 13.8 Å². The topological polar surface area (TPSA) is 101 Å². The molecule has 2 amide bonds. The third-order valence-electron chi connectivity index (χ3n) is 3.03. The lowest BCUT2D eigenvalue weighted by molar-refractivity contribution is 0.151. The van der Waals surface area contributed by atoms with Crippen molar-refractivity contribution in [2.75, 3.05) is 13.2 Å². The molecule has 0 aliphatic heterocycles. The van der Waals surface area contributed by atoms with Crippen LogP contribution in [0.4, 0.5) is 9.59 Å². The van der Waals surface area contributed by atoms with Crippen LogP contribution in [0, 0.1) is 0 Å². The van der Waals surface area contributed by atoms with Gasteiger partial charge in [-0.3, -0.25) is 0 Å². The van der Waals surface area contributed by atoms with Crippen molar-refractivity contribution in [3.05, 3.63) is 0 Å². The standard InChI is InChI=1S/C14H24N4O4/c1-3-21-13(19)17-15-11-9-7-5-6-8-10-12(11)16-18-14(20)22-4-2/h3-10H2,1-2H3,(H,17,19)(H,18,20)/b15-11-,16-12+. The van der Waals surface area contributed by atoms with Gasteiger partial charge in [0.2, 0.25) is 0 Å². The van der Waals surface area contributed by atoms with Crippen molar-refractivity contribution >= 4 is 23.6 Å². The number of carbonyl (C=O) groups excluding carboxylic acids is 2. The van der Waals surface area contributed by atoms with Crippen molar-refractivity contribution in [1.82, 2.24) is 10.9 Å². The van der Waals surface area contributed by atoms with E-state index in [0.29, 0.717) is 24.3 Å². The summed E-state index contributed by atoms with van der Waals surface area (Å²) < 4.78 is 9.54. The van der Waals surface area contributed by atoms with Crippen molar-refractivity contribution in [1.29, 1.82) is 0 Å². The average molecular weight is 312 g/mol. The Bertz CT molecular complexity index is 395. The summed E-state index contributed by atoms with van der Waals surface area (Å²) in [5.74, 6) is 0. The summed E-state index contributed by atoms with van der Waals surface area (Å²) in [5.41, 5.74) is 6.01. The predicted octanol–water partition coefficient (Wildman–Crippen LogP) is 2.54. The zero-order chi connectivity index (χ0) is 16.2. The Hall–Kier alpha value is -2.12. The summed E-state index contributed by atoms with van der Waals surface area (Å²) >= 11 is 0. The molecule has 1 fully saturated rings. The second-order valence-corrected chi connectivity index (χ2v) is 4.70. The maximum Gasteiger partial charge on any atom is 0.427 e. The molecule has 0 spiro atoms. The van der Waals surface area contributed by atoms with Gasteiger partial charge in [0.05, 0.1) is 24.6 Å².